The van der Waals surface area contributed by atoms with Gasteiger partial charge in [-0.1, -0.05) is 48.5 Å². The van der Waals surface area contributed by atoms with Crippen LogP contribution in [0.25, 0.3) is 0 Å². The van der Waals surface area contributed by atoms with Crippen LogP contribution in [0.3, 0.4) is 0 Å². The minimum absolute atomic E-state index is 0.157. The molecule has 0 atom stereocenters. The molecule has 0 amide bonds. The van der Waals surface area contributed by atoms with Crippen LogP contribution in [0.15, 0.2) is 84.9 Å². The lowest BCUT2D eigenvalue weighted by Gasteiger charge is -2.26. The molecule has 0 fully saturated rings. The van der Waals surface area contributed by atoms with Crippen molar-refractivity contribution in [2.45, 2.75) is 32.9 Å². The van der Waals surface area contributed by atoms with Gasteiger partial charge < -0.3 is 4.74 Å². The summed E-state index contributed by atoms with van der Waals surface area (Å²) in [6.45, 7) is 5.94. The summed E-state index contributed by atoms with van der Waals surface area (Å²) < 4.78 is 5.79. The Morgan fingerprint density at radius 2 is 1.39 bits per heavy atom. The van der Waals surface area contributed by atoms with Gasteiger partial charge in [0, 0.05) is 31.1 Å². The topological polar surface area (TPSA) is 29.5 Å². The molecule has 0 aliphatic rings. The molecule has 0 bridgehead atoms. The summed E-state index contributed by atoms with van der Waals surface area (Å²) in [6, 6.07) is 27.8. The minimum Gasteiger partial charge on any atom is -0.457 e. The highest BCUT2D eigenvalue weighted by atomic mass is 16.5. The molecule has 0 saturated heterocycles. The van der Waals surface area contributed by atoms with E-state index < -0.39 is 0 Å². The molecule has 0 unspecified atom stereocenters. The van der Waals surface area contributed by atoms with Crippen molar-refractivity contribution < 1.29 is 9.53 Å². The molecule has 3 nitrogen and oxygen atoms in total. The number of nitrogens with zero attached hydrogens (tertiary/aromatic N) is 1. The zero-order valence-electron chi connectivity index (χ0n) is 16.5. The third-order valence-corrected chi connectivity index (χ3v) is 4.74. The molecule has 0 aromatic heterocycles. The number of benzene rings is 3. The highest BCUT2D eigenvalue weighted by Gasteiger charge is 2.13. The molecular weight excluding hydrogens is 346 g/mol. The number of hydrogen-bond acceptors (Lipinski definition) is 3. The van der Waals surface area contributed by atoms with Crippen molar-refractivity contribution in [3.05, 3.63) is 96.1 Å². The summed E-state index contributed by atoms with van der Waals surface area (Å²) in [6.07, 6.45) is 0.504. The Hall–Kier alpha value is -2.91. The molecule has 0 aliphatic heterocycles. The number of ketones is 1. The minimum atomic E-state index is 0.157. The largest absolute Gasteiger partial charge is 0.457 e. The molecule has 28 heavy (non-hydrogen) atoms. The second kappa shape index (κ2) is 9.86. The molecule has 0 spiro atoms. The van der Waals surface area contributed by atoms with Crippen LogP contribution in [-0.2, 0) is 6.54 Å². The number of carbonyl (C=O) groups excluding carboxylic acids is 1. The first kappa shape index (κ1) is 19.8. The zero-order valence-corrected chi connectivity index (χ0v) is 16.5. The van der Waals surface area contributed by atoms with E-state index in [4.69, 9.17) is 4.74 Å². The van der Waals surface area contributed by atoms with Gasteiger partial charge in [0.1, 0.15) is 11.5 Å². The van der Waals surface area contributed by atoms with Crippen molar-refractivity contribution in [2.24, 2.45) is 0 Å². The maximum atomic E-state index is 12.6. The van der Waals surface area contributed by atoms with Gasteiger partial charge in [-0.25, -0.2) is 0 Å². The van der Waals surface area contributed by atoms with Gasteiger partial charge in [-0.15, -0.1) is 0 Å². The molecule has 3 aromatic carbocycles. The molecule has 0 N–H and O–H groups in total. The first-order valence-corrected chi connectivity index (χ1v) is 9.76. The molecule has 3 heteroatoms. The summed E-state index contributed by atoms with van der Waals surface area (Å²) in [5, 5.41) is 0. The average Bonchev–Trinajstić information content (AvgIpc) is 2.73. The second-order valence-corrected chi connectivity index (χ2v) is 7.16. The summed E-state index contributed by atoms with van der Waals surface area (Å²) in [5.74, 6) is 1.68. The number of carbonyl (C=O) groups is 1. The number of Topliss-reactive ketones (excluding diaryl/α,β-unsaturated/α-hetero) is 1. The van der Waals surface area contributed by atoms with Gasteiger partial charge in [-0.2, -0.15) is 0 Å². The average molecular weight is 373 g/mol. The predicted molar refractivity (Wildman–Crippen MR) is 114 cm³/mol. The first-order chi connectivity index (χ1) is 13.6. The van der Waals surface area contributed by atoms with Crippen molar-refractivity contribution in [1.82, 2.24) is 4.90 Å². The summed E-state index contributed by atoms with van der Waals surface area (Å²) in [5.41, 5.74) is 2.00. The van der Waals surface area contributed by atoms with Gasteiger partial charge >= 0.3 is 0 Å². The van der Waals surface area contributed by atoms with Crippen LogP contribution in [0.1, 0.15) is 36.2 Å². The fourth-order valence-electron chi connectivity index (χ4n) is 3.06. The molecule has 0 saturated carbocycles. The standard InChI is InChI=1S/C25H27NO2/c1-20(2)26(19-21-9-5-3-6-10-21)18-17-25(27)22-13-15-24(16-14-22)28-23-11-7-4-8-12-23/h3-16,20H,17-19H2,1-2H3. The van der Waals surface area contributed by atoms with Crippen molar-refractivity contribution in [3.8, 4) is 11.5 Å². The molecule has 144 valence electrons. The Morgan fingerprint density at radius 1 is 0.821 bits per heavy atom. The lowest BCUT2D eigenvalue weighted by molar-refractivity contribution is 0.0952. The van der Waals surface area contributed by atoms with Gasteiger partial charge in [-0.05, 0) is 55.8 Å². The van der Waals surface area contributed by atoms with Crippen LogP contribution >= 0.6 is 0 Å². The highest BCUT2D eigenvalue weighted by molar-refractivity contribution is 5.96. The third-order valence-electron chi connectivity index (χ3n) is 4.74. The number of rotatable bonds is 9. The SMILES string of the molecule is CC(C)N(CCC(=O)c1ccc(Oc2ccccc2)cc1)Cc1ccccc1. The quantitative estimate of drug-likeness (QED) is 0.433. The van der Waals surface area contributed by atoms with Crippen LogP contribution in [0, 0.1) is 0 Å². The van der Waals surface area contributed by atoms with Crippen LogP contribution < -0.4 is 4.74 Å². The Bertz CT molecular complexity index is 858. The van der Waals surface area contributed by atoms with Crippen LogP contribution in [-0.4, -0.2) is 23.3 Å². The zero-order chi connectivity index (χ0) is 19.8. The van der Waals surface area contributed by atoms with Crippen LogP contribution in [0.5, 0.6) is 11.5 Å². The van der Waals surface area contributed by atoms with E-state index in [2.05, 4.69) is 43.0 Å². The van der Waals surface area contributed by atoms with E-state index in [9.17, 15) is 4.79 Å². The second-order valence-electron chi connectivity index (χ2n) is 7.16. The van der Waals surface area contributed by atoms with E-state index >= 15 is 0 Å². The van der Waals surface area contributed by atoms with Crippen molar-refractivity contribution >= 4 is 5.78 Å². The van der Waals surface area contributed by atoms with E-state index in [-0.39, 0.29) is 5.78 Å². The van der Waals surface area contributed by atoms with Gasteiger partial charge in [0.2, 0.25) is 0 Å². The third kappa shape index (κ3) is 5.80. The van der Waals surface area contributed by atoms with Crippen molar-refractivity contribution in [3.63, 3.8) is 0 Å². The monoisotopic (exact) mass is 373 g/mol. The maximum Gasteiger partial charge on any atom is 0.164 e. The first-order valence-electron chi connectivity index (χ1n) is 9.76. The summed E-state index contributed by atoms with van der Waals surface area (Å²) >= 11 is 0. The molecule has 0 radical (unpaired) electrons. The van der Waals surface area contributed by atoms with Gasteiger partial charge in [-0.3, -0.25) is 9.69 Å². The molecule has 0 aliphatic carbocycles. The molecule has 0 heterocycles. The van der Waals surface area contributed by atoms with Gasteiger partial charge in [0.05, 0.1) is 0 Å². The fourth-order valence-corrected chi connectivity index (χ4v) is 3.06. The lowest BCUT2D eigenvalue weighted by atomic mass is 10.1. The van der Waals surface area contributed by atoms with Crippen molar-refractivity contribution in [2.75, 3.05) is 6.54 Å². The highest BCUT2D eigenvalue weighted by Crippen LogP contribution is 2.21. The van der Waals surface area contributed by atoms with Gasteiger partial charge in [0.25, 0.3) is 0 Å². The van der Waals surface area contributed by atoms with Crippen LogP contribution in [0.2, 0.25) is 0 Å². The van der Waals surface area contributed by atoms with E-state index in [1.165, 1.54) is 5.56 Å². The predicted octanol–water partition coefficient (Wildman–Crippen LogP) is 5.96. The molecular formula is C25H27NO2. The number of para-hydroxylation sites is 1. The van der Waals surface area contributed by atoms with E-state index in [0.717, 1.165) is 30.2 Å². The van der Waals surface area contributed by atoms with E-state index in [1.54, 1.807) is 0 Å². The Balaban J connectivity index is 1.56. The Kier molecular flexibility index (Phi) is 6.99. The van der Waals surface area contributed by atoms with Crippen molar-refractivity contribution in [1.29, 1.82) is 0 Å². The summed E-state index contributed by atoms with van der Waals surface area (Å²) in [7, 11) is 0. The van der Waals surface area contributed by atoms with E-state index in [0.29, 0.717) is 12.5 Å². The number of ether oxygens (including phenoxy) is 1. The smallest absolute Gasteiger partial charge is 0.164 e. The Morgan fingerprint density at radius 3 is 2.00 bits per heavy atom. The van der Waals surface area contributed by atoms with Crippen LogP contribution in [0.4, 0.5) is 0 Å². The van der Waals surface area contributed by atoms with E-state index in [1.807, 2.05) is 60.7 Å². The fraction of sp³-hybridized carbons (Fsp3) is 0.240. The number of hydrogen-bond donors (Lipinski definition) is 0. The Labute approximate surface area is 167 Å². The summed E-state index contributed by atoms with van der Waals surface area (Å²) in [4.78, 5) is 15.0. The molecule has 3 aromatic rings. The molecule has 3 rings (SSSR count). The normalized spacial score (nSPS) is 11.0. The lowest BCUT2D eigenvalue weighted by Crippen LogP contribution is -2.32. The van der Waals surface area contributed by atoms with Gasteiger partial charge in [0.15, 0.2) is 5.78 Å². The maximum absolute atomic E-state index is 12.6.